The minimum absolute atomic E-state index is 0.168. The predicted molar refractivity (Wildman–Crippen MR) is 97.0 cm³/mol. The number of ether oxygens (including phenoxy) is 2. The number of hydrogen-bond acceptors (Lipinski definition) is 5. The molecule has 0 heterocycles. The molecule has 0 spiro atoms. The number of carbonyl (C=O) groups is 1. The van der Waals surface area contributed by atoms with E-state index in [1.807, 2.05) is 6.07 Å². The molecule has 0 fully saturated rings. The van der Waals surface area contributed by atoms with Crippen LogP contribution in [-0.4, -0.2) is 42.2 Å². The van der Waals surface area contributed by atoms with Gasteiger partial charge < -0.3 is 19.5 Å². The van der Waals surface area contributed by atoms with Crippen molar-refractivity contribution in [3.63, 3.8) is 0 Å². The molecule has 5 heteroatoms. The summed E-state index contributed by atoms with van der Waals surface area (Å²) >= 11 is 0. The Morgan fingerprint density at radius 2 is 1.72 bits per heavy atom. The highest BCUT2D eigenvalue weighted by Gasteiger charge is 2.14. The van der Waals surface area contributed by atoms with Gasteiger partial charge in [-0.2, -0.15) is 0 Å². The molecule has 134 valence electrons. The van der Waals surface area contributed by atoms with Crippen molar-refractivity contribution in [1.82, 2.24) is 4.90 Å². The molecule has 0 atom stereocenters. The van der Waals surface area contributed by atoms with Crippen LogP contribution in [-0.2, 0) is 11.3 Å². The fourth-order valence-corrected chi connectivity index (χ4v) is 2.43. The molecule has 2 aromatic carbocycles. The maximum absolute atomic E-state index is 12.3. The Morgan fingerprint density at radius 3 is 2.44 bits per heavy atom. The first-order valence-electron chi connectivity index (χ1n) is 8.53. The third-order valence-electron chi connectivity index (χ3n) is 4.02. The number of hydrogen-bond donors (Lipinski definition) is 1. The van der Waals surface area contributed by atoms with Crippen LogP contribution in [0.3, 0.4) is 0 Å². The number of carbonyl (C=O) groups excluding carboxylic acids is 1. The first-order chi connectivity index (χ1) is 12.2. The Labute approximate surface area is 148 Å². The van der Waals surface area contributed by atoms with Gasteiger partial charge in [-0.25, -0.2) is 4.79 Å². The van der Waals surface area contributed by atoms with Crippen LogP contribution in [0, 0.1) is 0 Å². The lowest BCUT2D eigenvalue weighted by Crippen LogP contribution is -2.28. The average molecular weight is 343 g/mol. The summed E-state index contributed by atoms with van der Waals surface area (Å²) in [6.45, 7) is 7.23. The Bertz CT molecular complexity index is 683. The molecule has 0 aromatic heterocycles. The molecule has 1 N–H and O–H groups in total. The molecule has 0 saturated carbocycles. The van der Waals surface area contributed by atoms with Gasteiger partial charge >= 0.3 is 5.97 Å². The lowest BCUT2D eigenvalue weighted by Gasteiger charge is -2.18. The molecule has 0 aliphatic rings. The van der Waals surface area contributed by atoms with E-state index in [0.29, 0.717) is 30.0 Å². The number of likely N-dealkylation sites (N-methyl/N-ethyl adjacent to an activating group) is 1. The molecule has 0 radical (unpaired) electrons. The summed E-state index contributed by atoms with van der Waals surface area (Å²) in [5, 5.41) is 9.81. The van der Waals surface area contributed by atoms with Crippen LogP contribution in [0.1, 0.15) is 29.8 Å². The van der Waals surface area contributed by atoms with Gasteiger partial charge in [0.15, 0.2) is 0 Å². The third kappa shape index (κ3) is 5.50. The summed E-state index contributed by atoms with van der Waals surface area (Å²) in [7, 11) is 0. The van der Waals surface area contributed by atoms with Gasteiger partial charge in [0, 0.05) is 12.1 Å². The quantitative estimate of drug-likeness (QED) is 0.707. The molecule has 2 rings (SSSR count). The predicted octanol–water partition coefficient (Wildman–Crippen LogP) is 3.47. The van der Waals surface area contributed by atoms with Crippen LogP contribution < -0.4 is 4.74 Å². The van der Waals surface area contributed by atoms with Crippen molar-refractivity contribution >= 4 is 5.97 Å². The van der Waals surface area contributed by atoms with Gasteiger partial charge in [-0.1, -0.05) is 44.2 Å². The fourth-order valence-electron chi connectivity index (χ4n) is 2.43. The van der Waals surface area contributed by atoms with Crippen LogP contribution in [0.2, 0.25) is 0 Å². The normalized spacial score (nSPS) is 10.7. The van der Waals surface area contributed by atoms with Gasteiger partial charge in [0.2, 0.25) is 0 Å². The Hall–Kier alpha value is -2.53. The second-order valence-electron chi connectivity index (χ2n) is 5.58. The molecule has 0 aliphatic carbocycles. The number of rotatable bonds is 9. The molecule has 2 aromatic rings. The molecule has 0 unspecified atom stereocenters. The van der Waals surface area contributed by atoms with E-state index >= 15 is 0 Å². The van der Waals surface area contributed by atoms with Crippen molar-refractivity contribution in [3.8, 4) is 11.5 Å². The minimum Gasteiger partial charge on any atom is -0.508 e. The van der Waals surface area contributed by atoms with Gasteiger partial charge in [0.25, 0.3) is 0 Å². The molecule has 0 saturated heterocycles. The van der Waals surface area contributed by atoms with E-state index in [9.17, 15) is 9.90 Å². The maximum Gasteiger partial charge on any atom is 0.341 e. The lowest BCUT2D eigenvalue weighted by atomic mass is 10.2. The highest BCUT2D eigenvalue weighted by molar-refractivity contribution is 5.92. The van der Waals surface area contributed by atoms with Crippen molar-refractivity contribution in [1.29, 1.82) is 0 Å². The number of para-hydroxylation sites is 2. The second kappa shape index (κ2) is 9.69. The first-order valence-corrected chi connectivity index (χ1v) is 8.53. The lowest BCUT2D eigenvalue weighted by molar-refractivity contribution is 0.0461. The number of aromatic hydroxyl groups is 1. The molecular formula is C20H25NO4. The Balaban J connectivity index is 1.97. The summed E-state index contributed by atoms with van der Waals surface area (Å²) in [5.41, 5.74) is 1.05. The van der Waals surface area contributed by atoms with Crippen LogP contribution in [0.5, 0.6) is 11.5 Å². The van der Waals surface area contributed by atoms with Gasteiger partial charge in [0.05, 0.1) is 0 Å². The van der Waals surface area contributed by atoms with Gasteiger partial charge in [-0.3, -0.25) is 0 Å². The number of nitrogens with zero attached hydrogens (tertiary/aromatic N) is 1. The van der Waals surface area contributed by atoms with Crippen LogP contribution in [0.25, 0.3) is 0 Å². The highest BCUT2D eigenvalue weighted by atomic mass is 16.5. The number of esters is 1. The Morgan fingerprint density at radius 1 is 1.04 bits per heavy atom. The monoisotopic (exact) mass is 343 g/mol. The summed E-state index contributed by atoms with van der Waals surface area (Å²) in [5.74, 6) is 0.209. The van der Waals surface area contributed by atoms with E-state index in [1.54, 1.807) is 42.5 Å². The Kier molecular flexibility index (Phi) is 7.29. The maximum atomic E-state index is 12.3. The van der Waals surface area contributed by atoms with E-state index in [1.165, 1.54) is 0 Å². The summed E-state index contributed by atoms with van der Waals surface area (Å²) < 4.78 is 11.1. The summed E-state index contributed by atoms with van der Waals surface area (Å²) in [6, 6.07) is 13.9. The van der Waals surface area contributed by atoms with E-state index < -0.39 is 5.97 Å². The van der Waals surface area contributed by atoms with Crippen molar-refractivity contribution in [2.45, 2.75) is 20.5 Å². The van der Waals surface area contributed by atoms with Crippen LogP contribution in [0.4, 0.5) is 0 Å². The van der Waals surface area contributed by atoms with Crippen LogP contribution >= 0.6 is 0 Å². The number of benzene rings is 2. The zero-order chi connectivity index (χ0) is 18.1. The van der Waals surface area contributed by atoms with Crippen molar-refractivity contribution in [2.24, 2.45) is 0 Å². The third-order valence-corrected chi connectivity index (χ3v) is 4.02. The van der Waals surface area contributed by atoms with Gasteiger partial charge in [0.1, 0.15) is 30.3 Å². The topological polar surface area (TPSA) is 59.0 Å². The first kappa shape index (κ1) is 18.8. The van der Waals surface area contributed by atoms with Gasteiger partial charge in [-0.15, -0.1) is 0 Å². The largest absolute Gasteiger partial charge is 0.508 e. The zero-order valence-corrected chi connectivity index (χ0v) is 14.8. The van der Waals surface area contributed by atoms with E-state index in [4.69, 9.17) is 9.47 Å². The SMILES string of the molecule is CCN(CC)CCOC(=O)c1ccccc1OCc1ccccc1O. The fraction of sp³-hybridized carbons (Fsp3) is 0.350. The zero-order valence-electron chi connectivity index (χ0n) is 14.8. The molecule has 0 bridgehead atoms. The second-order valence-corrected chi connectivity index (χ2v) is 5.58. The highest BCUT2D eigenvalue weighted by Crippen LogP contribution is 2.23. The standard InChI is InChI=1S/C20H25NO4/c1-3-21(4-2)13-14-24-20(23)17-10-6-8-12-19(17)25-15-16-9-5-7-11-18(16)22/h5-12,22H,3-4,13-15H2,1-2H3. The number of phenols is 1. The minimum atomic E-state index is -0.403. The average Bonchev–Trinajstić information content (AvgIpc) is 2.64. The molecule has 5 nitrogen and oxygen atoms in total. The van der Waals surface area contributed by atoms with E-state index in [0.717, 1.165) is 13.1 Å². The van der Waals surface area contributed by atoms with Crippen molar-refractivity contribution in [2.75, 3.05) is 26.2 Å². The van der Waals surface area contributed by atoms with E-state index in [2.05, 4.69) is 18.7 Å². The smallest absolute Gasteiger partial charge is 0.341 e. The molecular weight excluding hydrogens is 318 g/mol. The van der Waals surface area contributed by atoms with Gasteiger partial charge in [-0.05, 0) is 31.3 Å². The van der Waals surface area contributed by atoms with Crippen molar-refractivity contribution < 1.29 is 19.4 Å². The number of phenolic OH excluding ortho intramolecular Hbond substituents is 1. The van der Waals surface area contributed by atoms with E-state index in [-0.39, 0.29) is 12.4 Å². The van der Waals surface area contributed by atoms with Crippen LogP contribution in [0.15, 0.2) is 48.5 Å². The molecule has 0 amide bonds. The summed E-state index contributed by atoms with van der Waals surface area (Å²) in [6.07, 6.45) is 0. The summed E-state index contributed by atoms with van der Waals surface area (Å²) in [4.78, 5) is 14.5. The van der Waals surface area contributed by atoms with Crippen molar-refractivity contribution in [3.05, 3.63) is 59.7 Å². The molecule has 0 aliphatic heterocycles. The molecule has 25 heavy (non-hydrogen) atoms.